The normalized spacial score (nSPS) is 22.4. The molecule has 1 atom stereocenters. The Morgan fingerprint density at radius 1 is 1.17 bits per heavy atom. The van der Waals surface area contributed by atoms with E-state index in [9.17, 15) is 5.11 Å². The number of aryl methyl sites for hydroxylation is 2. The number of fused-ring (bicyclic) bond motifs is 1. The minimum absolute atomic E-state index is 0.142. The lowest BCUT2D eigenvalue weighted by atomic mass is 9.82. The van der Waals surface area contributed by atoms with Crippen molar-refractivity contribution in [3.63, 3.8) is 0 Å². The number of aromatic nitrogens is 3. The molecule has 0 bridgehead atoms. The second-order valence-electron chi connectivity index (χ2n) is 8.10. The first kappa shape index (κ1) is 20.3. The number of nitrogens with one attached hydrogen (secondary N) is 1. The third kappa shape index (κ3) is 4.32. The average Bonchev–Trinajstić information content (AvgIpc) is 3.14. The Bertz CT molecular complexity index is 802. The van der Waals surface area contributed by atoms with Crippen LogP contribution in [0.3, 0.4) is 0 Å². The van der Waals surface area contributed by atoms with Crippen LogP contribution >= 0.6 is 0 Å². The highest BCUT2D eigenvalue weighted by atomic mass is 16.5. The van der Waals surface area contributed by atoms with E-state index in [1.165, 1.54) is 36.8 Å². The molecule has 0 saturated carbocycles. The quantitative estimate of drug-likeness (QED) is 0.665. The van der Waals surface area contributed by atoms with Crippen molar-refractivity contribution in [1.29, 1.82) is 0 Å². The van der Waals surface area contributed by atoms with Crippen molar-refractivity contribution >= 4 is 5.95 Å². The van der Waals surface area contributed by atoms with Crippen molar-refractivity contribution in [2.45, 2.75) is 57.3 Å². The number of ether oxygens (including phenoxy) is 1. The summed E-state index contributed by atoms with van der Waals surface area (Å²) in [5, 5.41) is 16.6. The smallest absolute Gasteiger partial charge is 0.221 e. The summed E-state index contributed by atoms with van der Waals surface area (Å²) in [5.74, 6) is 1.12. The lowest BCUT2D eigenvalue weighted by Gasteiger charge is -2.48. The molecular formula is C22H33N5O2. The Labute approximate surface area is 173 Å². The number of nitrogens with zero attached hydrogens (tertiary/aromatic N) is 4. The molecule has 0 spiro atoms. The van der Waals surface area contributed by atoms with Gasteiger partial charge in [-0.3, -0.25) is 4.90 Å². The number of anilines is 1. The number of hydrogen-bond donors (Lipinski definition) is 2. The van der Waals surface area contributed by atoms with Gasteiger partial charge in [0.25, 0.3) is 0 Å². The summed E-state index contributed by atoms with van der Waals surface area (Å²) in [7, 11) is 1.83. The second kappa shape index (κ2) is 9.24. The molecule has 1 aromatic heterocycles. The molecule has 1 aliphatic carbocycles. The Balaban J connectivity index is 1.41. The van der Waals surface area contributed by atoms with E-state index >= 15 is 0 Å². The first-order chi connectivity index (χ1) is 14.2. The van der Waals surface area contributed by atoms with Crippen molar-refractivity contribution in [2.75, 3.05) is 31.6 Å². The van der Waals surface area contributed by atoms with Crippen LogP contribution in [0.2, 0.25) is 0 Å². The monoisotopic (exact) mass is 399 g/mol. The van der Waals surface area contributed by atoms with Crippen LogP contribution in [-0.4, -0.2) is 51.0 Å². The highest BCUT2D eigenvalue weighted by molar-refractivity contribution is 5.35. The van der Waals surface area contributed by atoms with Gasteiger partial charge in [-0.05, 0) is 44.1 Å². The fraction of sp³-hybridized carbons (Fsp3) is 0.636. The Kier molecular flexibility index (Phi) is 6.47. The number of rotatable bonds is 8. The number of aliphatic hydroxyl groups is 1. The molecule has 2 aromatic rings. The van der Waals surface area contributed by atoms with Gasteiger partial charge >= 0.3 is 0 Å². The van der Waals surface area contributed by atoms with Gasteiger partial charge in [-0.1, -0.05) is 30.7 Å². The molecule has 2 aliphatic rings. The van der Waals surface area contributed by atoms with Gasteiger partial charge in [0, 0.05) is 32.2 Å². The van der Waals surface area contributed by atoms with E-state index in [4.69, 9.17) is 4.74 Å². The van der Waals surface area contributed by atoms with E-state index in [2.05, 4.69) is 44.6 Å². The maximum atomic E-state index is 9.17. The van der Waals surface area contributed by atoms with E-state index in [0.29, 0.717) is 18.4 Å². The zero-order valence-electron chi connectivity index (χ0n) is 17.4. The molecule has 2 heterocycles. The predicted octanol–water partition coefficient (Wildman–Crippen LogP) is 2.80. The number of piperidine rings is 1. The zero-order valence-corrected chi connectivity index (χ0v) is 17.4. The Morgan fingerprint density at radius 3 is 2.79 bits per heavy atom. The van der Waals surface area contributed by atoms with E-state index in [0.717, 1.165) is 38.9 Å². The van der Waals surface area contributed by atoms with Crippen molar-refractivity contribution < 1.29 is 9.84 Å². The molecule has 1 aliphatic heterocycles. The molecule has 0 amide bonds. The summed E-state index contributed by atoms with van der Waals surface area (Å²) in [5.41, 5.74) is 2.55. The fourth-order valence-corrected chi connectivity index (χ4v) is 4.77. The van der Waals surface area contributed by atoms with Gasteiger partial charge < -0.3 is 15.2 Å². The molecule has 4 rings (SSSR count). The topological polar surface area (TPSA) is 75.4 Å². The van der Waals surface area contributed by atoms with Crippen LogP contribution in [-0.2, 0) is 30.5 Å². The van der Waals surface area contributed by atoms with Crippen LogP contribution in [0.25, 0.3) is 0 Å². The minimum atomic E-state index is -0.274. The van der Waals surface area contributed by atoms with Crippen LogP contribution in [0.1, 0.15) is 55.5 Å². The van der Waals surface area contributed by atoms with Crippen molar-refractivity contribution in [1.82, 2.24) is 19.7 Å². The third-order valence-electron chi connectivity index (χ3n) is 6.16. The number of benzene rings is 1. The summed E-state index contributed by atoms with van der Waals surface area (Å²) in [6.07, 6.45) is 8.12. The second-order valence-corrected chi connectivity index (χ2v) is 8.10. The van der Waals surface area contributed by atoms with E-state index in [1.54, 1.807) is 4.68 Å². The van der Waals surface area contributed by atoms with Gasteiger partial charge in [0.1, 0.15) is 12.3 Å². The molecule has 2 N–H and O–H groups in total. The van der Waals surface area contributed by atoms with E-state index in [1.807, 2.05) is 7.05 Å². The standard InChI is InChI=1S/C22H33N5O2/c1-26-21(24-20(17-28)25-26)23-13-8-16-29-22(27-14-5-2-6-15-27)12-7-10-18-9-3-4-11-19(18)22/h3-4,9,11,28H,2,5-8,10,12-17H2,1H3,(H,23,24,25). The summed E-state index contributed by atoms with van der Waals surface area (Å²) in [6.45, 7) is 3.55. The van der Waals surface area contributed by atoms with Gasteiger partial charge in [-0.2, -0.15) is 10.1 Å². The molecule has 29 heavy (non-hydrogen) atoms. The summed E-state index contributed by atoms with van der Waals surface area (Å²) in [6, 6.07) is 8.85. The van der Waals surface area contributed by atoms with E-state index in [-0.39, 0.29) is 12.3 Å². The highest BCUT2D eigenvalue weighted by Crippen LogP contribution is 2.42. The molecule has 1 aromatic carbocycles. The van der Waals surface area contributed by atoms with Gasteiger partial charge in [0.05, 0.1) is 6.61 Å². The average molecular weight is 400 g/mol. The molecular weight excluding hydrogens is 366 g/mol. The molecule has 158 valence electrons. The summed E-state index contributed by atoms with van der Waals surface area (Å²) < 4.78 is 8.40. The van der Waals surface area contributed by atoms with Crippen molar-refractivity contribution in [2.24, 2.45) is 7.05 Å². The van der Waals surface area contributed by atoms with Gasteiger partial charge in [-0.25, -0.2) is 4.68 Å². The number of likely N-dealkylation sites (tertiary alicyclic amines) is 1. The lowest BCUT2D eigenvalue weighted by molar-refractivity contribution is -0.180. The molecule has 7 heteroatoms. The van der Waals surface area contributed by atoms with Gasteiger partial charge in [-0.15, -0.1) is 0 Å². The lowest BCUT2D eigenvalue weighted by Crippen LogP contribution is -2.52. The predicted molar refractivity (Wildman–Crippen MR) is 112 cm³/mol. The number of aliphatic hydroxyl groups excluding tert-OH is 1. The largest absolute Gasteiger partial charge is 0.388 e. The van der Waals surface area contributed by atoms with Gasteiger partial charge in [0.15, 0.2) is 5.82 Å². The summed E-state index contributed by atoms with van der Waals surface area (Å²) >= 11 is 0. The maximum Gasteiger partial charge on any atom is 0.221 e. The molecule has 0 radical (unpaired) electrons. The SMILES string of the molecule is Cn1nc(CO)nc1NCCCOC1(N2CCCCC2)CCCc2ccccc21. The van der Waals surface area contributed by atoms with Gasteiger partial charge in [0.2, 0.25) is 5.95 Å². The molecule has 1 unspecified atom stereocenters. The maximum absolute atomic E-state index is 9.17. The first-order valence-electron chi connectivity index (χ1n) is 10.9. The Hall–Kier alpha value is -1.96. The van der Waals surface area contributed by atoms with Crippen LogP contribution in [0.4, 0.5) is 5.95 Å². The van der Waals surface area contributed by atoms with Crippen molar-refractivity contribution in [3.8, 4) is 0 Å². The van der Waals surface area contributed by atoms with Crippen LogP contribution < -0.4 is 5.32 Å². The molecule has 1 fully saturated rings. The fourth-order valence-electron chi connectivity index (χ4n) is 4.77. The molecule has 1 saturated heterocycles. The van der Waals surface area contributed by atoms with Crippen LogP contribution in [0.15, 0.2) is 24.3 Å². The Morgan fingerprint density at radius 2 is 2.00 bits per heavy atom. The zero-order chi connectivity index (χ0) is 20.1. The number of hydrogen-bond acceptors (Lipinski definition) is 6. The summed E-state index contributed by atoms with van der Waals surface area (Å²) in [4.78, 5) is 6.87. The molecule has 7 nitrogen and oxygen atoms in total. The first-order valence-corrected chi connectivity index (χ1v) is 10.9. The van der Waals surface area contributed by atoms with Crippen molar-refractivity contribution in [3.05, 3.63) is 41.2 Å². The van der Waals surface area contributed by atoms with Crippen LogP contribution in [0, 0.1) is 0 Å². The van der Waals surface area contributed by atoms with E-state index < -0.39 is 0 Å². The third-order valence-corrected chi connectivity index (χ3v) is 6.16. The minimum Gasteiger partial charge on any atom is -0.388 e. The highest BCUT2D eigenvalue weighted by Gasteiger charge is 2.42. The van der Waals surface area contributed by atoms with Crippen LogP contribution in [0.5, 0.6) is 0 Å².